The molecule has 0 aliphatic heterocycles. The van der Waals surface area contributed by atoms with E-state index in [-0.39, 0.29) is 0 Å². The lowest BCUT2D eigenvalue weighted by atomic mass is 10.1. The maximum atomic E-state index is 5.71. The number of nitrogens with zero attached hydrogens (tertiary/aromatic N) is 1. The molecule has 74 valence electrons. The molecule has 0 aliphatic rings. The molecule has 0 atom stereocenters. The van der Waals surface area contributed by atoms with Crippen LogP contribution in [-0.4, -0.2) is 4.98 Å². The van der Waals surface area contributed by atoms with Crippen molar-refractivity contribution >= 4 is 53.4 Å². The third-order valence-corrected chi connectivity index (χ3v) is 3.78. The van der Waals surface area contributed by atoms with Crippen molar-refractivity contribution in [2.24, 2.45) is 0 Å². The highest BCUT2D eigenvalue weighted by molar-refractivity contribution is 9.10. The van der Waals surface area contributed by atoms with E-state index in [1.807, 2.05) is 12.1 Å². The standard InChI is InChI=1S/C11H7BrN2S/c12-7-2-3-8-6(5-7)1-4-9-10(8)15-11(13)14-9/h1-5H,(H2,13,14). The quantitative estimate of drug-likeness (QED) is 0.680. The van der Waals surface area contributed by atoms with Gasteiger partial charge in [-0.3, -0.25) is 0 Å². The van der Waals surface area contributed by atoms with Gasteiger partial charge in [-0.1, -0.05) is 39.4 Å². The number of benzene rings is 2. The highest BCUT2D eigenvalue weighted by Crippen LogP contribution is 2.32. The lowest BCUT2D eigenvalue weighted by Gasteiger charge is -1.98. The molecule has 15 heavy (non-hydrogen) atoms. The molecule has 2 aromatic carbocycles. The lowest BCUT2D eigenvalue weighted by molar-refractivity contribution is 1.50. The number of anilines is 1. The van der Waals surface area contributed by atoms with Crippen LogP contribution < -0.4 is 5.73 Å². The topological polar surface area (TPSA) is 38.9 Å². The van der Waals surface area contributed by atoms with E-state index in [0.29, 0.717) is 5.13 Å². The summed E-state index contributed by atoms with van der Waals surface area (Å²) in [5.41, 5.74) is 6.69. The number of hydrogen-bond donors (Lipinski definition) is 1. The number of thiazole rings is 1. The van der Waals surface area contributed by atoms with E-state index < -0.39 is 0 Å². The summed E-state index contributed by atoms with van der Waals surface area (Å²) in [6.45, 7) is 0. The van der Waals surface area contributed by atoms with Gasteiger partial charge in [-0.25, -0.2) is 4.98 Å². The molecule has 0 fully saturated rings. The fourth-order valence-electron chi connectivity index (χ4n) is 1.70. The second-order valence-electron chi connectivity index (χ2n) is 3.33. The minimum absolute atomic E-state index is 0.625. The van der Waals surface area contributed by atoms with Gasteiger partial charge >= 0.3 is 0 Å². The minimum Gasteiger partial charge on any atom is -0.375 e. The van der Waals surface area contributed by atoms with Crippen LogP contribution in [0.3, 0.4) is 0 Å². The van der Waals surface area contributed by atoms with Crippen molar-refractivity contribution in [3.8, 4) is 0 Å². The first kappa shape index (κ1) is 9.12. The Hall–Kier alpha value is -1.13. The molecule has 0 radical (unpaired) electrons. The smallest absolute Gasteiger partial charge is 0.181 e. The third kappa shape index (κ3) is 1.41. The van der Waals surface area contributed by atoms with Gasteiger partial charge in [0.1, 0.15) is 0 Å². The molecule has 1 aromatic heterocycles. The predicted molar refractivity (Wildman–Crippen MR) is 69.2 cm³/mol. The Morgan fingerprint density at radius 2 is 2.07 bits per heavy atom. The van der Waals surface area contributed by atoms with Crippen LogP contribution in [0.5, 0.6) is 0 Å². The van der Waals surface area contributed by atoms with E-state index >= 15 is 0 Å². The van der Waals surface area contributed by atoms with E-state index in [9.17, 15) is 0 Å². The molecule has 3 aromatic rings. The first-order chi connectivity index (χ1) is 7.24. The van der Waals surface area contributed by atoms with Crippen LogP contribution >= 0.6 is 27.3 Å². The molecule has 0 bridgehead atoms. The molecular formula is C11H7BrN2S. The summed E-state index contributed by atoms with van der Waals surface area (Å²) >= 11 is 5.00. The normalized spacial score (nSPS) is 11.3. The van der Waals surface area contributed by atoms with Gasteiger partial charge < -0.3 is 5.73 Å². The van der Waals surface area contributed by atoms with Crippen LogP contribution in [0.15, 0.2) is 34.8 Å². The average molecular weight is 279 g/mol. The lowest BCUT2D eigenvalue weighted by Crippen LogP contribution is -1.79. The summed E-state index contributed by atoms with van der Waals surface area (Å²) in [5.74, 6) is 0. The van der Waals surface area contributed by atoms with Crippen molar-refractivity contribution in [1.82, 2.24) is 4.98 Å². The van der Waals surface area contributed by atoms with Crippen LogP contribution in [0, 0.1) is 0 Å². The fourth-order valence-corrected chi connectivity index (χ4v) is 2.95. The maximum absolute atomic E-state index is 5.71. The molecule has 0 aliphatic carbocycles. The molecule has 2 N–H and O–H groups in total. The number of nitrogen functional groups attached to an aromatic ring is 1. The van der Waals surface area contributed by atoms with Crippen LogP contribution in [0.25, 0.3) is 21.0 Å². The fraction of sp³-hybridized carbons (Fsp3) is 0. The predicted octanol–water partition coefficient (Wildman–Crippen LogP) is 3.79. The summed E-state index contributed by atoms with van der Waals surface area (Å²) in [6.07, 6.45) is 0. The van der Waals surface area contributed by atoms with Gasteiger partial charge in [0.2, 0.25) is 0 Å². The monoisotopic (exact) mass is 278 g/mol. The molecule has 0 saturated heterocycles. The number of aromatic nitrogens is 1. The summed E-state index contributed by atoms with van der Waals surface area (Å²) in [4.78, 5) is 4.27. The summed E-state index contributed by atoms with van der Waals surface area (Å²) in [7, 11) is 0. The zero-order valence-corrected chi connectivity index (χ0v) is 10.1. The molecule has 0 amide bonds. The molecule has 1 heterocycles. The molecule has 3 rings (SSSR count). The molecule has 4 heteroatoms. The van der Waals surface area contributed by atoms with Gasteiger partial charge in [0.15, 0.2) is 5.13 Å². The summed E-state index contributed by atoms with van der Waals surface area (Å²) < 4.78 is 2.25. The van der Waals surface area contributed by atoms with Gasteiger partial charge in [0.05, 0.1) is 10.2 Å². The van der Waals surface area contributed by atoms with Crippen molar-refractivity contribution in [1.29, 1.82) is 0 Å². The van der Waals surface area contributed by atoms with Crippen LogP contribution in [0.4, 0.5) is 5.13 Å². The van der Waals surface area contributed by atoms with Crippen LogP contribution in [0.1, 0.15) is 0 Å². The van der Waals surface area contributed by atoms with Crippen LogP contribution in [-0.2, 0) is 0 Å². The largest absolute Gasteiger partial charge is 0.375 e. The Labute approximate surface area is 98.9 Å². The van der Waals surface area contributed by atoms with Crippen molar-refractivity contribution in [2.45, 2.75) is 0 Å². The van der Waals surface area contributed by atoms with Crippen molar-refractivity contribution < 1.29 is 0 Å². The summed E-state index contributed by atoms with van der Waals surface area (Å²) in [6, 6.07) is 10.3. The van der Waals surface area contributed by atoms with Gasteiger partial charge in [0.25, 0.3) is 0 Å². The Balaban J connectivity index is 2.53. The minimum atomic E-state index is 0.625. The Morgan fingerprint density at radius 3 is 2.93 bits per heavy atom. The second-order valence-corrected chi connectivity index (χ2v) is 5.28. The number of nitrogens with two attached hydrogens (primary N) is 1. The molecule has 0 spiro atoms. The molecule has 2 nitrogen and oxygen atoms in total. The van der Waals surface area contributed by atoms with Gasteiger partial charge in [-0.05, 0) is 23.6 Å². The van der Waals surface area contributed by atoms with E-state index in [4.69, 9.17) is 5.73 Å². The van der Waals surface area contributed by atoms with E-state index in [0.717, 1.165) is 14.7 Å². The van der Waals surface area contributed by atoms with Crippen LogP contribution in [0.2, 0.25) is 0 Å². The van der Waals surface area contributed by atoms with Crippen molar-refractivity contribution in [3.63, 3.8) is 0 Å². The average Bonchev–Trinajstić information content (AvgIpc) is 2.58. The molecule has 0 unspecified atom stereocenters. The Bertz CT molecular complexity index is 660. The third-order valence-electron chi connectivity index (χ3n) is 2.35. The molecule has 0 saturated carbocycles. The number of halogens is 1. The zero-order valence-electron chi connectivity index (χ0n) is 7.70. The second kappa shape index (κ2) is 3.18. The van der Waals surface area contributed by atoms with E-state index in [2.05, 4.69) is 39.1 Å². The van der Waals surface area contributed by atoms with Crippen molar-refractivity contribution in [2.75, 3.05) is 5.73 Å². The first-order valence-electron chi connectivity index (χ1n) is 4.48. The van der Waals surface area contributed by atoms with Gasteiger partial charge in [-0.15, -0.1) is 0 Å². The number of rotatable bonds is 0. The molecular weight excluding hydrogens is 272 g/mol. The van der Waals surface area contributed by atoms with Gasteiger partial charge in [0, 0.05) is 9.86 Å². The Morgan fingerprint density at radius 1 is 1.20 bits per heavy atom. The van der Waals surface area contributed by atoms with E-state index in [1.165, 1.54) is 22.1 Å². The Kier molecular flexibility index (Phi) is 1.94. The zero-order chi connectivity index (χ0) is 10.4. The van der Waals surface area contributed by atoms with Gasteiger partial charge in [-0.2, -0.15) is 0 Å². The number of fused-ring (bicyclic) bond motifs is 3. The maximum Gasteiger partial charge on any atom is 0.181 e. The summed E-state index contributed by atoms with van der Waals surface area (Å²) in [5, 5.41) is 3.05. The SMILES string of the molecule is Nc1nc2ccc3cc(Br)ccc3c2s1. The van der Waals surface area contributed by atoms with E-state index in [1.54, 1.807) is 0 Å². The van der Waals surface area contributed by atoms with Crippen molar-refractivity contribution in [3.05, 3.63) is 34.8 Å². The number of hydrogen-bond acceptors (Lipinski definition) is 3. The first-order valence-corrected chi connectivity index (χ1v) is 6.09. The highest BCUT2D eigenvalue weighted by atomic mass is 79.9. The highest BCUT2D eigenvalue weighted by Gasteiger charge is 2.05.